The van der Waals surface area contributed by atoms with Crippen LogP contribution in [0.3, 0.4) is 0 Å². The summed E-state index contributed by atoms with van der Waals surface area (Å²) < 4.78 is 4.97. The lowest BCUT2D eigenvalue weighted by atomic mass is 9.99. The molecule has 3 nitrogen and oxygen atoms in total. The summed E-state index contributed by atoms with van der Waals surface area (Å²) in [4.78, 5) is 11.2. The molecule has 0 bridgehead atoms. The summed E-state index contributed by atoms with van der Waals surface area (Å²) in [6.45, 7) is 0. The van der Waals surface area contributed by atoms with Gasteiger partial charge in [0.2, 0.25) is 0 Å². The van der Waals surface area contributed by atoms with Crippen LogP contribution in [0.5, 0.6) is 11.5 Å². The van der Waals surface area contributed by atoms with E-state index in [9.17, 15) is 9.90 Å². The van der Waals surface area contributed by atoms with Gasteiger partial charge >= 0.3 is 0 Å². The van der Waals surface area contributed by atoms with Gasteiger partial charge in [-0.3, -0.25) is 4.79 Å². The third kappa shape index (κ3) is 2.05. The molecule has 0 aromatic heterocycles. The van der Waals surface area contributed by atoms with E-state index in [1.165, 1.54) is 13.2 Å². The van der Waals surface area contributed by atoms with E-state index in [-0.39, 0.29) is 16.5 Å². The third-order valence-corrected chi connectivity index (χ3v) is 3.02. The largest absolute Gasteiger partial charge is 0.504 e. The Balaban J connectivity index is 2.73. The molecule has 0 saturated carbocycles. The monoisotopic (exact) mass is 262 g/mol. The molecule has 18 heavy (non-hydrogen) atoms. The van der Waals surface area contributed by atoms with E-state index in [1.807, 2.05) is 30.3 Å². The second kappa shape index (κ2) is 5.10. The van der Waals surface area contributed by atoms with Crippen LogP contribution in [0.1, 0.15) is 10.4 Å². The number of halogens is 1. The van der Waals surface area contributed by atoms with E-state index in [2.05, 4.69) is 0 Å². The van der Waals surface area contributed by atoms with Gasteiger partial charge in [-0.05, 0) is 17.2 Å². The van der Waals surface area contributed by atoms with Gasteiger partial charge in [-0.15, -0.1) is 0 Å². The van der Waals surface area contributed by atoms with E-state index >= 15 is 0 Å². The average Bonchev–Trinajstić information content (AvgIpc) is 2.39. The van der Waals surface area contributed by atoms with Gasteiger partial charge in [-0.25, -0.2) is 0 Å². The van der Waals surface area contributed by atoms with Gasteiger partial charge in [-0.1, -0.05) is 41.9 Å². The molecule has 0 heterocycles. The summed E-state index contributed by atoms with van der Waals surface area (Å²) in [6, 6.07) is 10.7. The van der Waals surface area contributed by atoms with Gasteiger partial charge < -0.3 is 9.84 Å². The standard InChI is InChI=1S/C14H11ClO3/c1-18-14-12(17)7-10(11(8-16)13(14)15)9-5-3-2-4-6-9/h2-8,17H,1H3. The first-order valence-corrected chi connectivity index (χ1v) is 5.67. The number of aldehydes is 1. The zero-order chi connectivity index (χ0) is 13.1. The molecule has 1 N–H and O–H groups in total. The van der Waals surface area contributed by atoms with E-state index in [4.69, 9.17) is 16.3 Å². The number of aromatic hydroxyl groups is 1. The van der Waals surface area contributed by atoms with Crippen LogP contribution in [0.15, 0.2) is 36.4 Å². The number of benzene rings is 2. The van der Waals surface area contributed by atoms with Gasteiger partial charge in [0.15, 0.2) is 17.8 Å². The molecule has 0 saturated heterocycles. The zero-order valence-electron chi connectivity index (χ0n) is 9.68. The maximum Gasteiger partial charge on any atom is 0.179 e. The van der Waals surface area contributed by atoms with Crippen LogP contribution in [-0.2, 0) is 0 Å². The molecule has 2 aromatic rings. The summed E-state index contributed by atoms with van der Waals surface area (Å²) in [6.07, 6.45) is 0.659. The molecule has 0 fully saturated rings. The first-order chi connectivity index (χ1) is 8.69. The fourth-order valence-electron chi connectivity index (χ4n) is 1.80. The highest BCUT2D eigenvalue weighted by atomic mass is 35.5. The Morgan fingerprint density at radius 2 is 1.94 bits per heavy atom. The van der Waals surface area contributed by atoms with Gasteiger partial charge in [0.05, 0.1) is 12.1 Å². The van der Waals surface area contributed by atoms with E-state index < -0.39 is 0 Å². The molecule has 92 valence electrons. The van der Waals surface area contributed by atoms with Crippen molar-refractivity contribution in [2.24, 2.45) is 0 Å². The minimum absolute atomic E-state index is 0.0908. The molecule has 0 aliphatic carbocycles. The number of ether oxygens (including phenoxy) is 1. The van der Waals surface area contributed by atoms with E-state index in [0.29, 0.717) is 17.4 Å². The summed E-state index contributed by atoms with van der Waals surface area (Å²) in [7, 11) is 1.39. The molecule has 0 radical (unpaired) electrons. The average molecular weight is 263 g/mol. The van der Waals surface area contributed by atoms with Crippen molar-refractivity contribution in [1.29, 1.82) is 0 Å². The highest BCUT2D eigenvalue weighted by molar-refractivity contribution is 6.35. The van der Waals surface area contributed by atoms with Crippen molar-refractivity contribution >= 4 is 17.9 Å². The highest BCUT2D eigenvalue weighted by Gasteiger charge is 2.17. The molecule has 0 aliphatic heterocycles. The Kier molecular flexibility index (Phi) is 3.53. The fourth-order valence-corrected chi connectivity index (χ4v) is 2.12. The minimum Gasteiger partial charge on any atom is -0.504 e. The maximum atomic E-state index is 11.2. The molecule has 0 aliphatic rings. The zero-order valence-corrected chi connectivity index (χ0v) is 10.4. The molecule has 2 rings (SSSR count). The first-order valence-electron chi connectivity index (χ1n) is 5.29. The van der Waals surface area contributed by atoms with Crippen LogP contribution in [0.25, 0.3) is 11.1 Å². The summed E-state index contributed by atoms with van der Waals surface area (Å²) in [5.41, 5.74) is 1.69. The van der Waals surface area contributed by atoms with Crippen molar-refractivity contribution in [1.82, 2.24) is 0 Å². The molecular formula is C14H11ClO3. The first kappa shape index (κ1) is 12.5. The topological polar surface area (TPSA) is 46.5 Å². The fraction of sp³-hybridized carbons (Fsp3) is 0.0714. The smallest absolute Gasteiger partial charge is 0.179 e. The predicted molar refractivity (Wildman–Crippen MR) is 70.5 cm³/mol. The molecule has 0 amide bonds. The van der Waals surface area contributed by atoms with Crippen LogP contribution < -0.4 is 4.74 Å². The van der Waals surface area contributed by atoms with Crippen LogP contribution in [-0.4, -0.2) is 18.5 Å². The number of rotatable bonds is 3. The van der Waals surface area contributed by atoms with Crippen LogP contribution in [0, 0.1) is 0 Å². The highest BCUT2D eigenvalue weighted by Crippen LogP contribution is 2.41. The van der Waals surface area contributed by atoms with Crippen molar-refractivity contribution in [3.05, 3.63) is 47.0 Å². The van der Waals surface area contributed by atoms with Crippen molar-refractivity contribution < 1.29 is 14.6 Å². The quantitative estimate of drug-likeness (QED) is 0.861. The lowest BCUT2D eigenvalue weighted by Crippen LogP contribution is -1.94. The summed E-state index contributed by atoms with van der Waals surface area (Å²) in [5, 5.41) is 9.95. The number of methoxy groups -OCH3 is 1. The van der Waals surface area contributed by atoms with E-state index in [0.717, 1.165) is 5.56 Å². The van der Waals surface area contributed by atoms with Crippen LogP contribution >= 0.6 is 11.6 Å². The van der Waals surface area contributed by atoms with Crippen LogP contribution in [0.4, 0.5) is 0 Å². The number of phenols is 1. The van der Waals surface area contributed by atoms with Crippen molar-refractivity contribution in [3.63, 3.8) is 0 Å². The second-order valence-corrected chi connectivity index (χ2v) is 4.07. The van der Waals surface area contributed by atoms with Gasteiger partial charge in [0, 0.05) is 5.56 Å². The Morgan fingerprint density at radius 1 is 1.28 bits per heavy atom. The Labute approximate surface area is 110 Å². The second-order valence-electron chi connectivity index (χ2n) is 3.69. The lowest BCUT2D eigenvalue weighted by Gasteiger charge is -2.12. The molecule has 0 unspecified atom stereocenters. The maximum absolute atomic E-state index is 11.2. The third-order valence-electron chi connectivity index (χ3n) is 2.65. The Hall–Kier alpha value is -2.00. The Bertz CT molecular complexity index is 579. The Morgan fingerprint density at radius 3 is 2.50 bits per heavy atom. The molecule has 0 spiro atoms. The number of hydrogen-bond donors (Lipinski definition) is 1. The van der Waals surface area contributed by atoms with Crippen molar-refractivity contribution in [2.75, 3.05) is 7.11 Å². The van der Waals surface area contributed by atoms with Gasteiger partial charge in [-0.2, -0.15) is 0 Å². The molecular weight excluding hydrogens is 252 g/mol. The normalized spacial score (nSPS) is 10.1. The van der Waals surface area contributed by atoms with E-state index in [1.54, 1.807) is 0 Å². The van der Waals surface area contributed by atoms with Crippen LogP contribution in [0.2, 0.25) is 5.02 Å². The minimum atomic E-state index is -0.0908. The lowest BCUT2D eigenvalue weighted by molar-refractivity contribution is 0.112. The molecule has 2 aromatic carbocycles. The predicted octanol–water partition coefficient (Wildman–Crippen LogP) is 3.53. The number of carbonyl (C=O) groups is 1. The van der Waals surface area contributed by atoms with Gasteiger partial charge in [0.1, 0.15) is 0 Å². The molecule has 0 atom stereocenters. The van der Waals surface area contributed by atoms with Crippen molar-refractivity contribution in [2.45, 2.75) is 0 Å². The van der Waals surface area contributed by atoms with Crippen molar-refractivity contribution in [3.8, 4) is 22.6 Å². The number of carbonyl (C=O) groups excluding carboxylic acids is 1. The SMILES string of the molecule is COc1c(O)cc(-c2ccccc2)c(C=O)c1Cl. The summed E-state index contributed by atoms with van der Waals surface area (Å²) >= 11 is 6.05. The van der Waals surface area contributed by atoms with Gasteiger partial charge in [0.25, 0.3) is 0 Å². The molecule has 4 heteroatoms. The number of phenolic OH excluding ortho intramolecular Hbond substituents is 1. The summed E-state index contributed by atoms with van der Waals surface area (Å²) in [5.74, 6) is 0.0189. The number of hydrogen-bond acceptors (Lipinski definition) is 3.